The average molecular weight is 314 g/mol. The largest absolute Gasteiger partial charge is 0.381 e. The summed E-state index contributed by atoms with van der Waals surface area (Å²) >= 11 is 0. The molecule has 0 aliphatic rings. The minimum Gasteiger partial charge on any atom is -0.381 e. The van der Waals surface area contributed by atoms with Gasteiger partial charge in [0.2, 0.25) is 10.0 Å². The second-order valence-corrected chi connectivity index (χ2v) is 6.76. The van der Waals surface area contributed by atoms with Gasteiger partial charge in [0.05, 0.1) is 4.90 Å². The lowest BCUT2D eigenvalue weighted by Crippen LogP contribution is -2.26. The summed E-state index contributed by atoms with van der Waals surface area (Å²) in [4.78, 5) is 0.312. The number of hydrogen-bond acceptors (Lipinski definition) is 4. The Morgan fingerprint density at radius 1 is 1.24 bits per heavy atom. The highest BCUT2D eigenvalue weighted by molar-refractivity contribution is 7.89. The van der Waals surface area contributed by atoms with Gasteiger partial charge in [-0.15, -0.1) is 0 Å². The Bertz CT molecular complexity index is 530. The van der Waals surface area contributed by atoms with Crippen molar-refractivity contribution in [3.8, 4) is 0 Å². The van der Waals surface area contributed by atoms with Crippen LogP contribution in [0.5, 0.6) is 0 Å². The summed E-state index contributed by atoms with van der Waals surface area (Å²) in [5.74, 6) is 0. The molecule has 0 radical (unpaired) electrons. The lowest BCUT2D eigenvalue weighted by atomic mass is 10.1. The quantitative estimate of drug-likeness (QED) is 0.647. The predicted octanol–water partition coefficient (Wildman–Crippen LogP) is 1.94. The van der Waals surface area contributed by atoms with Crippen LogP contribution in [-0.4, -0.2) is 28.2 Å². The molecule has 21 heavy (non-hydrogen) atoms. The normalized spacial score (nSPS) is 11.8. The summed E-state index contributed by atoms with van der Waals surface area (Å²) in [5, 5.41) is 0. The molecule has 0 fully saturated rings. The molecule has 0 spiro atoms. The van der Waals surface area contributed by atoms with E-state index in [1.807, 2.05) is 6.07 Å². The second kappa shape index (κ2) is 9.15. The van der Waals surface area contributed by atoms with Gasteiger partial charge in [-0.3, -0.25) is 0 Å². The Morgan fingerprint density at radius 2 is 1.95 bits per heavy atom. The molecule has 120 valence electrons. The molecule has 0 aliphatic heterocycles. The third-order valence-corrected chi connectivity index (χ3v) is 4.79. The zero-order valence-electron chi connectivity index (χ0n) is 12.9. The van der Waals surface area contributed by atoms with Gasteiger partial charge in [-0.2, -0.15) is 0 Å². The molecular formula is C15H26N2O3S. The number of unbranched alkanes of at least 4 members (excludes halogenated alkanes) is 1. The molecule has 6 heteroatoms. The molecule has 0 atom stereocenters. The van der Waals surface area contributed by atoms with E-state index in [9.17, 15) is 8.42 Å². The van der Waals surface area contributed by atoms with Crippen LogP contribution >= 0.6 is 0 Å². The smallest absolute Gasteiger partial charge is 0.240 e. The fourth-order valence-electron chi connectivity index (χ4n) is 1.95. The lowest BCUT2D eigenvalue weighted by Gasteiger charge is -2.10. The zero-order chi connectivity index (χ0) is 15.7. The first kappa shape index (κ1) is 18.1. The van der Waals surface area contributed by atoms with Crippen LogP contribution < -0.4 is 10.5 Å². The van der Waals surface area contributed by atoms with E-state index in [0.29, 0.717) is 36.6 Å². The number of hydrogen-bond donors (Lipinski definition) is 2. The van der Waals surface area contributed by atoms with Gasteiger partial charge in [0.15, 0.2) is 0 Å². The number of ether oxygens (including phenoxy) is 1. The summed E-state index contributed by atoms with van der Waals surface area (Å²) in [6, 6.07) is 5.16. The van der Waals surface area contributed by atoms with E-state index in [0.717, 1.165) is 25.0 Å². The van der Waals surface area contributed by atoms with Crippen molar-refractivity contribution >= 4 is 10.0 Å². The van der Waals surface area contributed by atoms with Gasteiger partial charge in [-0.1, -0.05) is 25.5 Å². The maximum Gasteiger partial charge on any atom is 0.240 e. The Balaban J connectivity index is 2.46. The van der Waals surface area contributed by atoms with E-state index in [2.05, 4.69) is 11.6 Å². The molecule has 0 heterocycles. The van der Waals surface area contributed by atoms with E-state index >= 15 is 0 Å². The van der Waals surface area contributed by atoms with Gasteiger partial charge in [0.1, 0.15) is 0 Å². The van der Waals surface area contributed by atoms with E-state index in [1.165, 1.54) is 0 Å². The van der Waals surface area contributed by atoms with Crippen LogP contribution in [0.25, 0.3) is 0 Å². The SMILES string of the molecule is CCCCOCCCNS(=O)(=O)c1ccc(CN)cc1C. The van der Waals surface area contributed by atoms with Crippen LogP contribution in [0.4, 0.5) is 0 Å². The highest BCUT2D eigenvalue weighted by Crippen LogP contribution is 2.16. The molecule has 1 rings (SSSR count). The molecular weight excluding hydrogens is 288 g/mol. The predicted molar refractivity (Wildman–Crippen MR) is 84.6 cm³/mol. The minimum atomic E-state index is -3.46. The Hall–Kier alpha value is -0.950. The topological polar surface area (TPSA) is 81.4 Å². The van der Waals surface area contributed by atoms with Gasteiger partial charge in [-0.05, 0) is 37.0 Å². The molecule has 0 aliphatic carbocycles. The monoisotopic (exact) mass is 314 g/mol. The molecule has 1 aromatic carbocycles. The van der Waals surface area contributed by atoms with Crippen LogP contribution in [0, 0.1) is 6.92 Å². The van der Waals surface area contributed by atoms with Crippen molar-refractivity contribution in [1.29, 1.82) is 0 Å². The Labute approximate surface area is 127 Å². The van der Waals surface area contributed by atoms with Gasteiger partial charge in [0.25, 0.3) is 0 Å². The number of rotatable bonds is 10. The summed E-state index contributed by atoms with van der Waals surface area (Å²) in [6.45, 7) is 5.99. The van der Waals surface area contributed by atoms with Gasteiger partial charge in [0, 0.05) is 26.3 Å². The summed E-state index contributed by atoms with van der Waals surface area (Å²) in [5.41, 5.74) is 7.19. The molecule has 0 saturated heterocycles. The van der Waals surface area contributed by atoms with E-state index in [1.54, 1.807) is 19.1 Å². The van der Waals surface area contributed by atoms with Crippen LogP contribution in [0.1, 0.15) is 37.3 Å². The minimum absolute atomic E-state index is 0.312. The third-order valence-electron chi connectivity index (χ3n) is 3.16. The van der Waals surface area contributed by atoms with Crippen LogP contribution in [0.2, 0.25) is 0 Å². The molecule has 0 saturated carbocycles. The van der Waals surface area contributed by atoms with Crippen molar-refractivity contribution in [2.45, 2.75) is 44.6 Å². The first-order valence-corrected chi connectivity index (χ1v) is 8.86. The van der Waals surface area contributed by atoms with Crippen molar-refractivity contribution in [3.63, 3.8) is 0 Å². The lowest BCUT2D eigenvalue weighted by molar-refractivity contribution is 0.130. The first-order chi connectivity index (χ1) is 10.0. The molecule has 0 aromatic heterocycles. The first-order valence-electron chi connectivity index (χ1n) is 7.38. The van der Waals surface area contributed by atoms with E-state index < -0.39 is 10.0 Å². The second-order valence-electron chi connectivity index (χ2n) is 5.02. The molecule has 0 amide bonds. The maximum atomic E-state index is 12.2. The van der Waals surface area contributed by atoms with Crippen molar-refractivity contribution in [3.05, 3.63) is 29.3 Å². The fraction of sp³-hybridized carbons (Fsp3) is 0.600. The zero-order valence-corrected chi connectivity index (χ0v) is 13.7. The summed E-state index contributed by atoms with van der Waals surface area (Å²) in [6.07, 6.45) is 2.81. The number of sulfonamides is 1. The summed E-state index contributed by atoms with van der Waals surface area (Å²) < 4.78 is 32.4. The average Bonchev–Trinajstić information content (AvgIpc) is 2.45. The van der Waals surface area contributed by atoms with Gasteiger partial charge in [-0.25, -0.2) is 13.1 Å². The summed E-state index contributed by atoms with van der Waals surface area (Å²) in [7, 11) is -3.46. The standard InChI is InChI=1S/C15H26N2O3S/c1-3-4-9-20-10-5-8-17-21(18,19)15-7-6-14(12-16)11-13(15)2/h6-7,11,17H,3-5,8-10,12,16H2,1-2H3. The van der Waals surface area contributed by atoms with Crippen LogP contribution in [0.15, 0.2) is 23.1 Å². The molecule has 0 bridgehead atoms. The Kier molecular flexibility index (Phi) is 7.88. The van der Waals surface area contributed by atoms with Crippen molar-refractivity contribution in [2.24, 2.45) is 5.73 Å². The van der Waals surface area contributed by atoms with E-state index in [-0.39, 0.29) is 0 Å². The van der Waals surface area contributed by atoms with Gasteiger partial charge < -0.3 is 10.5 Å². The molecule has 0 unspecified atom stereocenters. The van der Waals surface area contributed by atoms with Crippen molar-refractivity contribution < 1.29 is 13.2 Å². The van der Waals surface area contributed by atoms with Crippen LogP contribution in [-0.2, 0) is 21.3 Å². The molecule has 3 N–H and O–H groups in total. The number of aryl methyl sites for hydroxylation is 1. The highest BCUT2D eigenvalue weighted by Gasteiger charge is 2.16. The molecule has 5 nitrogen and oxygen atoms in total. The maximum absolute atomic E-state index is 12.2. The third kappa shape index (κ3) is 6.13. The van der Waals surface area contributed by atoms with Crippen molar-refractivity contribution in [2.75, 3.05) is 19.8 Å². The van der Waals surface area contributed by atoms with E-state index in [4.69, 9.17) is 10.5 Å². The van der Waals surface area contributed by atoms with Crippen molar-refractivity contribution in [1.82, 2.24) is 4.72 Å². The fourth-order valence-corrected chi connectivity index (χ4v) is 3.25. The Morgan fingerprint density at radius 3 is 2.57 bits per heavy atom. The van der Waals surface area contributed by atoms with Crippen LogP contribution in [0.3, 0.4) is 0 Å². The van der Waals surface area contributed by atoms with Gasteiger partial charge >= 0.3 is 0 Å². The highest BCUT2D eigenvalue weighted by atomic mass is 32.2. The number of benzene rings is 1. The number of nitrogens with one attached hydrogen (secondary N) is 1. The number of nitrogens with two attached hydrogens (primary N) is 1. The molecule has 1 aromatic rings.